The van der Waals surface area contributed by atoms with E-state index in [1.807, 2.05) is 48.5 Å². The van der Waals surface area contributed by atoms with Crippen LogP contribution < -0.4 is 10.6 Å². The Balaban J connectivity index is 1.75. The quantitative estimate of drug-likeness (QED) is 0.776. The molecule has 2 aromatic carbocycles. The van der Waals surface area contributed by atoms with Gasteiger partial charge in [-0.2, -0.15) is 0 Å². The summed E-state index contributed by atoms with van der Waals surface area (Å²) in [6, 6.07) is 14.8. The zero-order chi connectivity index (χ0) is 18.9. The van der Waals surface area contributed by atoms with Crippen molar-refractivity contribution in [3.8, 4) is 0 Å². The van der Waals surface area contributed by atoms with Gasteiger partial charge in [0.2, 0.25) is 5.91 Å². The lowest BCUT2D eigenvalue weighted by molar-refractivity contribution is -0.128. The summed E-state index contributed by atoms with van der Waals surface area (Å²) in [4.78, 5) is 25.1. The SMILES string of the molecule is CN(C)C(=O)CCc1ccc(NC(=O)NCCc2ccccc2Cl)cc1. The van der Waals surface area contributed by atoms with Gasteiger partial charge in [-0.15, -0.1) is 0 Å². The van der Waals surface area contributed by atoms with Gasteiger partial charge < -0.3 is 15.5 Å². The van der Waals surface area contributed by atoms with Crippen LogP contribution >= 0.6 is 11.6 Å². The Bertz CT molecular complexity index is 745. The third-order valence-corrected chi connectivity index (χ3v) is 4.34. The smallest absolute Gasteiger partial charge is 0.319 e. The molecular weight excluding hydrogens is 350 g/mol. The summed E-state index contributed by atoms with van der Waals surface area (Å²) in [5.74, 6) is 0.102. The van der Waals surface area contributed by atoms with Crippen molar-refractivity contribution in [1.29, 1.82) is 0 Å². The maximum absolute atomic E-state index is 12.0. The van der Waals surface area contributed by atoms with E-state index in [1.165, 1.54) is 0 Å². The van der Waals surface area contributed by atoms with Gasteiger partial charge in [-0.05, 0) is 42.2 Å². The zero-order valence-corrected chi connectivity index (χ0v) is 15.8. The van der Waals surface area contributed by atoms with Crippen LogP contribution in [0.4, 0.5) is 10.5 Å². The third kappa shape index (κ3) is 6.41. The van der Waals surface area contributed by atoms with Gasteiger partial charge in [0.15, 0.2) is 0 Å². The van der Waals surface area contributed by atoms with Crippen molar-refractivity contribution in [1.82, 2.24) is 10.2 Å². The normalized spacial score (nSPS) is 10.3. The molecule has 0 unspecified atom stereocenters. The fourth-order valence-corrected chi connectivity index (χ4v) is 2.65. The van der Waals surface area contributed by atoms with Crippen LogP contribution in [-0.2, 0) is 17.6 Å². The molecule has 0 saturated heterocycles. The first-order valence-corrected chi connectivity index (χ1v) is 8.91. The van der Waals surface area contributed by atoms with E-state index in [4.69, 9.17) is 11.6 Å². The summed E-state index contributed by atoms with van der Waals surface area (Å²) in [5.41, 5.74) is 2.78. The number of rotatable bonds is 7. The van der Waals surface area contributed by atoms with Gasteiger partial charge in [0.1, 0.15) is 0 Å². The Morgan fingerprint density at radius 1 is 1.00 bits per heavy atom. The van der Waals surface area contributed by atoms with E-state index in [1.54, 1.807) is 19.0 Å². The van der Waals surface area contributed by atoms with Crippen LogP contribution in [0.3, 0.4) is 0 Å². The lowest BCUT2D eigenvalue weighted by Crippen LogP contribution is -2.30. The van der Waals surface area contributed by atoms with Crippen molar-refractivity contribution >= 4 is 29.2 Å². The molecule has 2 rings (SSSR count). The van der Waals surface area contributed by atoms with Crippen molar-refractivity contribution in [2.24, 2.45) is 0 Å². The standard InChI is InChI=1S/C20H24ClN3O2/c1-24(2)19(25)12-9-15-7-10-17(11-8-15)23-20(26)22-14-13-16-5-3-4-6-18(16)21/h3-8,10-11H,9,12-14H2,1-2H3,(H2,22,23,26). The topological polar surface area (TPSA) is 61.4 Å². The molecule has 0 aliphatic carbocycles. The second kappa shape index (κ2) is 9.82. The van der Waals surface area contributed by atoms with Crippen molar-refractivity contribution in [3.63, 3.8) is 0 Å². The molecule has 0 bridgehead atoms. The number of benzene rings is 2. The van der Waals surface area contributed by atoms with E-state index < -0.39 is 0 Å². The van der Waals surface area contributed by atoms with Crippen LogP contribution in [0.5, 0.6) is 0 Å². The average molecular weight is 374 g/mol. The molecule has 138 valence electrons. The maximum atomic E-state index is 12.0. The number of carbonyl (C=O) groups excluding carboxylic acids is 2. The summed E-state index contributed by atoms with van der Waals surface area (Å²) in [5, 5.41) is 6.32. The number of aryl methyl sites for hydroxylation is 1. The molecule has 0 radical (unpaired) electrons. The molecule has 0 aromatic heterocycles. The molecule has 0 saturated carbocycles. The van der Waals surface area contributed by atoms with Crippen LogP contribution in [0, 0.1) is 0 Å². The van der Waals surface area contributed by atoms with E-state index in [0.29, 0.717) is 36.5 Å². The second-order valence-electron chi connectivity index (χ2n) is 6.21. The van der Waals surface area contributed by atoms with Crippen molar-refractivity contribution in [2.45, 2.75) is 19.3 Å². The van der Waals surface area contributed by atoms with Crippen LogP contribution in [0.2, 0.25) is 5.02 Å². The summed E-state index contributed by atoms with van der Waals surface area (Å²) >= 11 is 6.09. The molecule has 0 aliphatic rings. The number of carbonyl (C=O) groups is 2. The highest BCUT2D eigenvalue weighted by Crippen LogP contribution is 2.15. The van der Waals surface area contributed by atoms with Gasteiger partial charge >= 0.3 is 6.03 Å². The van der Waals surface area contributed by atoms with Gasteiger partial charge in [0, 0.05) is 37.8 Å². The third-order valence-electron chi connectivity index (χ3n) is 3.98. The molecule has 2 N–H and O–H groups in total. The molecular formula is C20H24ClN3O2. The lowest BCUT2D eigenvalue weighted by atomic mass is 10.1. The van der Waals surface area contributed by atoms with Crippen molar-refractivity contribution < 1.29 is 9.59 Å². The maximum Gasteiger partial charge on any atom is 0.319 e. The van der Waals surface area contributed by atoms with Gasteiger partial charge in [-0.25, -0.2) is 4.79 Å². The highest BCUT2D eigenvalue weighted by molar-refractivity contribution is 6.31. The molecule has 0 fully saturated rings. The second-order valence-corrected chi connectivity index (χ2v) is 6.61. The molecule has 26 heavy (non-hydrogen) atoms. The number of hydrogen-bond acceptors (Lipinski definition) is 2. The Hall–Kier alpha value is -2.53. The van der Waals surface area contributed by atoms with Gasteiger partial charge in [0.05, 0.1) is 0 Å². The number of hydrogen-bond donors (Lipinski definition) is 2. The first-order chi connectivity index (χ1) is 12.5. The highest BCUT2D eigenvalue weighted by atomic mass is 35.5. The molecule has 0 heterocycles. The molecule has 5 nitrogen and oxygen atoms in total. The average Bonchev–Trinajstić information content (AvgIpc) is 2.62. The number of nitrogens with zero attached hydrogens (tertiary/aromatic N) is 1. The van der Waals surface area contributed by atoms with E-state index >= 15 is 0 Å². The lowest BCUT2D eigenvalue weighted by Gasteiger charge is -2.11. The number of amides is 3. The fraction of sp³-hybridized carbons (Fsp3) is 0.300. The molecule has 0 spiro atoms. The highest BCUT2D eigenvalue weighted by Gasteiger charge is 2.06. The monoisotopic (exact) mass is 373 g/mol. The van der Waals surface area contributed by atoms with E-state index in [-0.39, 0.29) is 11.9 Å². The summed E-state index contributed by atoms with van der Waals surface area (Å²) < 4.78 is 0. The summed E-state index contributed by atoms with van der Waals surface area (Å²) in [6.07, 6.45) is 1.83. The van der Waals surface area contributed by atoms with Gasteiger partial charge in [0.25, 0.3) is 0 Å². The number of urea groups is 1. The van der Waals surface area contributed by atoms with E-state index in [2.05, 4.69) is 10.6 Å². The fourth-order valence-electron chi connectivity index (χ4n) is 2.42. The molecule has 6 heteroatoms. The Kier molecular flexibility index (Phi) is 7.48. The minimum Gasteiger partial charge on any atom is -0.349 e. The number of anilines is 1. The summed E-state index contributed by atoms with van der Waals surface area (Å²) in [6.45, 7) is 0.500. The van der Waals surface area contributed by atoms with Crippen LogP contribution in [-0.4, -0.2) is 37.5 Å². The Labute approximate surface area is 159 Å². The molecule has 0 aliphatic heterocycles. The first-order valence-electron chi connectivity index (χ1n) is 8.53. The van der Waals surface area contributed by atoms with Crippen LogP contribution in [0.25, 0.3) is 0 Å². The van der Waals surface area contributed by atoms with Gasteiger partial charge in [-0.1, -0.05) is 41.9 Å². The molecule has 3 amide bonds. The zero-order valence-electron chi connectivity index (χ0n) is 15.1. The predicted molar refractivity (Wildman–Crippen MR) is 106 cm³/mol. The Morgan fingerprint density at radius 3 is 2.35 bits per heavy atom. The summed E-state index contributed by atoms with van der Waals surface area (Å²) in [7, 11) is 3.50. The number of nitrogens with one attached hydrogen (secondary N) is 2. The largest absolute Gasteiger partial charge is 0.349 e. The van der Waals surface area contributed by atoms with Gasteiger partial charge in [-0.3, -0.25) is 4.79 Å². The Morgan fingerprint density at radius 2 is 1.69 bits per heavy atom. The minimum absolute atomic E-state index is 0.102. The van der Waals surface area contributed by atoms with Crippen LogP contribution in [0.15, 0.2) is 48.5 Å². The van der Waals surface area contributed by atoms with E-state index in [0.717, 1.165) is 11.1 Å². The van der Waals surface area contributed by atoms with Crippen LogP contribution in [0.1, 0.15) is 17.5 Å². The van der Waals surface area contributed by atoms with E-state index in [9.17, 15) is 9.59 Å². The molecule has 2 aromatic rings. The number of halogens is 1. The minimum atomic E-state index is -0.257. The van der Waals surface area contributed by atoms with Crippen molar-refractivity contribution in [3.05, 3.63) is 64.7 Å². The predicted octanol–water partition coefficient (Wildman–Crippen LogP) is 3.73. The van der Waals surface area contributed by atoms with Crippen molar-refractivity contribution in [2.75, 3.05) is 26.0 Å². The molecule has 0 atom stereocenters. The first kappa shape index (κ1) is 19.8.